The molecule has 2 aromatic carbocycles. The van der Waals surface area contributed by atoms with E-state index in [9.17, 15) is 9.59 Å². The lowest BCUT2D eigenvalue weighted by Crippen LogP contribution is -2.29. The Morgan fingerprint density at radius 1 is 1.17 bits per heavy atom. The summed E-state index contributed by atoms with van der Waals surface area (Å²) in [6.07, 6.45) is 1.95. The van der Waals surface area contributed by atoms with Crippen molar-refractivity contribution in [1.29, 1.82) is 0 Å². The molecule has 24 heavy (non-hydrogen) atoms. The van der Waals surface area contributed by atoms with Crippen molar-refractivity contribution in [3.63, 3.8) is 0 Å². The molecule has 0 atom stereocenters. The van der Waals surface area contributed by atoms with Gasteiger partial charge in [0.25, 0.3) is 0 Å². The molecular formula is C20H21NO3. The Bertz CT molecular complexity index is 782. The maximum Gasteiger partial charge on any atom is 0.227 e. The molecule has 0 aliphatic carbocycles. The van der Waals surface area contributed by atoms with E-state index >= 15 is 0 Å². The van der Waals surface area contributed by atoms with Crippen LogP contribution in [0.5, 0.6) is 5.75 Å². The first-order valence-corrected chi connectivity index (χ1v) is 8.15. The van der Waals surface area contributed by atoms with E-state index in [2.05, 4.69) is 0 Å². The van der Waals surface area contributed by atoms with E-state index in [-0.39, 0.29) is 11.7 Å². The fourth-order valence-corrected chi connectivity index (χ4v) is 3.09. The number of rotatable bonds is 5. The van der Waals surface area contributed by atoms with Gasteiger partial charge in [-0.15, -0.1) is 0 Å². The van der Waals surface area contributed by atoms with Crippen LogP contribution in [0, 0.1) is 0 Å². The maximum absolute atomic E-state index is 12.6. The number of Topliss-reactive ketones (excluding diaryl/α,β-unsaturated/α-hetero) is 1. The second-order valence-corrected chi connectivity index (χ2v) is 6.05. The molecule has 0 N–H and O–H groups in total. The number of fused-ring (bicyclic) bond motifs is 1. The van der Waals surface area contributed by atoms with Gasteiger partial charge in [0.2, 0.25) is 5.91 Å². The van der Waals surface area contributed by atoms with Crippen LogP contribution in [0.3, 0.4) is 0 Å². The molecule has 1 amide bonds. The molecular weight excluding hydrogens is 302 g/mol. The topological polar surface area (TPSA) is 46.6 Å². The van der Waals surface area contributed by atoms with Gasteiger partial charge in [-0.3, -0.25) is 9.59 Å². The molecule has 2 aromatic rings. The Morgan fingerprint density at radius 2 is 2.00 bits per heavy atom. The minimum absolute atomic E-state index is 0.0561. The van der Waals surface area contributed by atoms with E-state index in [4.69, 9.17) is 4.74 Å². The van der Waals surface area contributed by atoms with Gasteiger partial charge in [-0.25, -0.2) is 0 Å². The van der Waals surface area contributed by atoms with Crippen LogP contribution in [-0.4, -0.2) is 25.3 Å². The second-order valence-electron chi connectivity index (χ2n) is 6.05. The molecule has 0 saturated heterocycles. The van der Waals surface area contributed by atoms with Crippen molar-refractivity contribution in [2.24, 2.45) is 0 Å². The fourth-order valence-electron chi connectivity index (χ4n) is 3.09. The number of ketones is 1. The van der Waals surface area contributed by atoms with Crippen molar-refractivity contribution in [2.75, 3.05) is 18.6 Å². The lowest BCUT2D eigenvalue weighted by Gasteiger charge is -2.17. The number of benzene rings is 2. The minimum Gasteiger partial charge on any atom is -0.497 e. The van der Waals surface area contributed by atoms with E-state index in [1.807, 2.05) is 41.3 Å². The van der Waals surface area contributed by atoms with Crippen molar-refractivity contribution >= 4 is 17.4 Å². The van der Waals surface area contributed by atoms with Crippen molar-refractivity contribution in [1.82, 2.24) is 0 Å². The molecule has 0 spiro atoms. The van der Waals surface area contributed by atoms with E-state index in [1.165, 1.54) is 0 Å². The number of hydrogen-bond acceptors (Lipinski definition) is 3. The SMILES string of the molecule is COc1cccc(CCC(=O)N2CCc3cc(C(C)=O)ccc32)c1. The highest BCUT2D eigenvalue weighted by atomic mass is 16.5. The second kappa shape index (κ2) is 6.87. The van der Waals surface area contributed by atoms with E-state index in [1.54, 1.807) is 20.1 Å². The van der Waals surface area contributed by atoms with Crippen LogP contribution < -0.4 is 9.64 Å². The van der Waals surface area contributed by atoms with Crippen LogP contribution in [0.25, 0.3) is 0 Å². The minimum atomic E-state index is 0.0561. The molecule has 0 saturated carbocycles. The lowest BCUT2D eigenvalue weighted by molar-refractivity contribution is -0.118. The summed E-state index contributed by atoms with van der Waals surface area (Å²) in [5.41, 5.74) is 3.82. The van der Waals surface area contributed by atoms with Crippen LogP contribution in [0.4, 0.5) is 5.69 Å². The molecule has 1 aliphatic rings. The van der Waals surface area contributed by atoms with E-state index in [0.29, 0.717) is 24.9 Å². The Balaban J connectivity index is 1.68. The Hall–Kier alpha value is -2.62. The van der Waals surface area contributed by atoms with Gasteiger partial charge < -0.3 is 9.64 Å². The van der Waals surface area contributed by atoms with Gasteiger partial charge in [0.1, 0.15) is 5.75 Å². The summed E-state index contributed by atoms with van der Waals surface area (Å²) in [6.45, 7) is 2.25. The standard InChI is InChI=1S/C20H21NO3/c1-14(22)16-7-8-19-17(13-16)10-11-21(19)20(23)9-6-15-4-3-5-18(12-15)24-2/h3-5,7-8,12-13H,6,9-11H2,1-2H3. The number of carbonyl (C=O) groups excluding carboxylic acids is 2. The van der Waals surface area contributed by atoms with Crippen LogP contribution >= 0.6 is 0 Å². The monoisotopic (exact) mass is 323 g/mol. The number of anilines is 1. The summed E-state index contributed by atoms with van der Waals surface area (Å²) in [5.74, 6) is 0.982. The molecule has 0 bridgehead atoms. The molecule has 0 fully saturated rings. The third kappa shape index (κ3) is 3.32. The Kier molecular flexibility index (Phi) is 4.65. The number of carbonyl (C=O) groups is 2. The molecule has 1 heterocycles. The highest BCUT2D eigenvalue weighted by Gasteiger charge is 2.24. The van der Waals surface area contributed by atoms with Crippen molar-refractivity contribution in [3.8, 4) is 5.75 Å². The van der Waals surface area contributed by atoms with Gasteiger partial charge >= 0.3 is 0 Å². The molecule has 4 nitrogen and oxygen atoms in total. The van der Waals surface area contributed by atoms with Crippen LogP contribution in [0.2, 0.25) is 0 Å². The molecule has 124 valence electrons. The van der Waals surface area contributed by atoms with Crippen molar-refractivity contribution in [2.45, 2.75) is 26.2 Å². The first kappa shape index (κ1) is 16.2. The molecule has 0 unspecified atom stereocenters. The number of amides is 1. The van der Waals surface area contributed by atoms with E-state index < -0.39 is 0 Å². The summed E-state index contributed by atoms with van der Waals surface area (Å²) in [6, 6.07) is 13.4. The predicted molar refractivity (Wildman–Crippen MR) is 93.8 cm³/mol. The zero-order chi connectivity index (χ0) is 17.1. The predicted octanol–water partition coefficient (Wildman–Crippen LogP) is 3.42. The number of hydrogen-bond donors (Lipinski definition) is 0. The lowest BCUT2D eigenvalue weighted by atomic mass is 10.1. The Labute approximate surface area is 142 Å². The van der Waals surface area contributed by atoms with Crippen LogP contribution in [0.1, 0.15) is 34.8 Å². The average molecular weight is 323 g/mol. The third-order valence-electron chi connectivity index (χ3n) is 4.44. The summed E-state index contributed by atoms with van der Waals surface area (Å²) in [5, 5.41) is 0. The highest BCUT2D eigenvalue weighted by molar-refractivity contribution is 5.98. The molecule has 1 aliphatic heterocycles. The van der Waals surface area contributed by atoms with Crippen LogP contribution in [-0.2, 0) is 17.6 Å². The first-order valence-electron chi connectivity index (χ1n) is 8.15. The first-order chi connectivity index (χ1) is 11.6. The van der Waals surface area contributed by atoms with Gasteiger partial charge in [-0.05, 0) is 61.2 Å². The zero-order valence-electron chi connectivity index (χ0n) is 14.0. The van der Waals surface area contributed by atoms with Gasteiger partial charge in [0, 0.05) is 24.2 Å². The number of nitrogens with zero attached hydrogens (tertiary/aromatic N) is 1. The van der Waals surface area contributed by atoms with Gasteiger partial charge in [-0.2, -0.15) is 0 Å². The van der Waals surface area contributed by atoms with Crippen molar-refractivity contribution in [3.05, 3.63) is 59.2 Å². The van der Waals surface area contributed by atoms with Gasteiger partial charge in [0.05, 0.1) is 7.11 Å². The molecule has 0 aromatic heterocycles. The summed E-state index contributed by atoms with van der Waals surface area (Å²) < 4.78 is 5.22. The highest BCUT2D eigenvalue weighted by Crippen LogP contribution is 2.29. The van der Waals surface area contributed by atoms with Gasteiger partial charge in [-0.1, -0.05) is 12.1 Å². The number of aryl methyl sites for hydroxylation is 1. The van der Waals surface area contributed by atoms with Crippen molar-refractivity contribution < 1.29 is 14.3 Å². The van der Waals surface area contributed by atoms with Gasteiger partial charge in [0.15, 0.2) is 5.78 Å². The number of methoxy groups -OCH3 is 1. The zero-order valence-corrected chi connectivity index (χ0v) is 14.0. The average Bonchev–Trinajstić information content (AvgIpc) is 3.03. The normalized spacial score (nSPS) is 12.8. The smallest absolute Gasteiger partial charge is 0.227 e. The molecule has 0 radical (unpaired) electrons. The largest absolute Gasteiger partial charge is 0.497 e. The summed E-state index contributed by atoms with van der Waals surface area (Å²) in [7, 11) is 1.64. The third-order valence-corrected chi connectivity index (χ3v) is 4.44. The quantitative estimate of drug-likeness (QED) is 0.792. The molecule has 4 heteroatoms. The van der Waals surface area contributed by atoms with Crippen LogP contribution in [0.15, 0.2) is 42.5 Å². The Morgan fingerprint density at radius 3 is 2.75 bits per heavy atom. The number of ether oxygens (including phenoxy) is 1. The summed E-state index contributed by atoms with van der Waals surface area (Å²) >= 11 is 0. The van der Waals surface area contributed by atoms with E-state index in [0.717, 1.165) is 29.0 Å². The maximum atomic E-state index is 12.6. The summed E-state index contributed by atoms with van der Waals surface area (Å²) in [4.78, 5) is 25.9. The fraction of sp³-hybridized carbons (Fsp3) is 0.300. The molecule has 3 rings (SSSR count).